The summed E-state index contributed by atoms with van der Waals surface area (Å²) in [5.41, 5.74) is 0.431. The summed E-state index contributed by atoms with van der Waals surface area (Å²) in [6, 6.07) is 3.45. The second-order valence-corrected chi connectivity index (χ2v) is 7.92. The Morgan fingerprint density at radius 3 is 2.25 bits per heavy atom. The molecule has 0 radical (unpaired) electrons. The quantitative estimate of drug-likeness (QED) is 0.546. The fourth-order valence-electron chi connectivity index (χ4n) is 4.17. The van der Waals surface area contributed by atoms with Crippen molar-refractivity contribution in [2.24, 2.45) is 13.0 Å². The van der Waals surface area contributed by atoms with Crippen molar-refractivity contribution in [1.29, 1.82) is 0 Å². The highest BCUT2D eigenvalue weighted by molar-refractivity contribution is 6.42. The highest BCUT2D eigenvalue weighted by Gasteiger charge is 2.29. The number of ketones is 1. The molecule has 3 rings (SSSR count). The first-order valence-corrected chi connectivity index (χ1v) is 10.4. The molecular weight excluding hydrogens is 356 g/mol. The summed E-state index contributed by atoms with van der Waals surface area (Å²) >= 11 is 0. The van der Waals surface area contributed by atoms with Gasteiger partial charge in [0.15, 0.2) is 0 Å². The summed E-state index contributed by atoms with van der Waals surface area (Å²) < 4.78 is 1.68. The van der Waals surface area contributed by atoms with Gasteiger partial charge in [-0.3, -0.25) is 14.4 Å². The van der Waals surface area contributed by atoms with Crippen molar-refractivity contribution in [3.05, 3.63) is 24.0 Å². The van der Waals surface area contributed by atoms with Crippen molar-refractivity contribution >= 4 is 17.6 Å². The van der Waals surface area contributed by atoms with E-state index in [0.717, 1.165) is 52.0 Å². The molecule has 0 aromatic carbocycles. The number of Topliss-reactive ketones (excluding diaryl/α,β-unsaturated/α-hetero) is 1. The standard InChI is InChI=1S/C21H32N4O3/c1-3-23-13-15-24(16-14-23)19(26)7-6-17-8-11-25(12-9-17)21(28)20(27)18-5-4-10-22(18)2/h4-5,10,17H,3,6-9,11-16H2,1-2H3. The van der Waals surface area contributed by atoms with Crippen LogP contribution in [0.1, 0.15) is 43.1 Å². The SMILES string of the molecule is CCN1CCN(C(=O)CCC2CCN(C(=O)C(=O)c3cccn3C)CC2)CC1. The van der Waals surface area contributed by atoms with Gasteiger partial charge in [0.05, 0.1) is 5.69 Å². The molecule has 3 heterocycles. The number of carbonyl (C=O) groups is 3. The average Bonchev–Trinajstić information content (AvgIpc) is 3.17. The molecule has 2 saturated heterocycles. The van der Waals surface area contributed by atoms with E-state index in [4.69, 9.17) is 0 Å². The molecule has 154 valence electrons. The van der Waals surface area contributed by atoms with E-state index < -0.39 is 11.7 Å². The molecule has 0 unspecified atom stereocenters. The van der Waals surface area contributed by atoms with E-state index in [9.17, 15) is 14.4 Å². The zero-order valence-electron chi connectivity index (χ0n) is 17.1. The van der Waals surface area contributed by atoms with Crippen molar-refractivity contribution in [1.82, 2.24) is 19.3 Å². The number of hydrogen-bond donors (Lipinski definition) is 0. The minimum absolute atomic E-state index is 0.258. The van der Waals surface area contributed by atoms with Crippen LogP contribution in [0.3, 0.4) is 0 Å². The van der Waals surface area contributed by atoms with Crippen LogP contribution >= 0.6 is 0 Å². The second-order valence-electron chi connectivity index (χ2n) is 7.92. The van der Waals surface area contributed by atoms with Crippen molar-refractivity contribution in [2.45, 2.75) is 32.6 Å². The summed E-state index contributed by atoms with van der Waals surface area (Å²) in [5, 5.41) is 0. The monoisotopic (exact) mass is 388 g/mol. The largest absolute Gasteiger partial charge is 0.348 e. The molecule has 2 aliphatic heterocycles. The fourth-order valence-corrected chi connectivity index (χ4v) is 4.17. The van der Waals surface area contributed by atoms with Gasteiger partial charge in [0, 0.05) is 58.9 Å². The van der Waals surface area contributed by atoms with E-state index in [1.807, 2.05) is 4.90 Å². The highest BCUT2D eigenvalue weighted by Crippen LogP contribution is 2.23. The van der Waals surface area contributed by atoms with Crippen LogP contribution in [0.25, 0.3) is 0 Å². The second kappa shape index (κ2) is 9.37. The van der Waals surface area contributed by atoms with Crippen LogP contribution in [0.2, 0.25) is 0 Å². The van der Waals surface area contributed by atoms with E-state index in [1.54, 1.807) is 34.8 Å². The summed E-state index contributed by atoms with van der Waals surface area (Å²) in [6.07, 6.45) is 4.96. The fraction of sp³-hybridized carbons (Fsp3) is 0.667. The molecule has 2 fully saturated rings. The van der Waals surface area contributed by atoms with Gasteiger partial charge in [0.1, 0.15) is 0 Å². The van der Waals surface area contributed by atoms with Gasteiger partial charge in [0.25, 0.3) is 11.7 Å². The molecule has 0 aliphatic carbocycles. The van der Waals surface area contributed by atoms with Crippen molar-refractivity contribution < 1.29 is 14.4 Å². The number of rotatable bonds is 6. The van der Waals surface area contributed by atoms with Crippen LogP contribution in [-0.2, 0) is 16.6 Å². The number of piperazine rings is 1. The Balaban J connectivity index is 1.39. The number of nitrogens with zero attached hydrogens (tertiary/aromatic N) is 4. The van der Waals surface area contributed by atoms with Crippen LogP contribution < -0.4 is 0 Å². The number of carbonyl (C=O) groups excluding carboxylic acids is 3. The van der Waals surface area contributed by atoms with Gasteiger partial charge >= 0.3 is 0 Å². The Morgan fingerprint density at radius 2 is 1.68 bits per heavy atom. The molecule has 0 atom stereocenters. The first kappa shape index (κ1) is 20.6. The normalized spacial score (nSPS) is 19.1. The summed E-state index contributed by atoms with van der Waals surface area (Å²) in [6.45, 7) is 8.01. The minimum atomic E-state index is -0.438. The molecule has 0 N–H and O–H groups in total. The number of aromatic nitrogens is 1. The van der Waals surface area contributed by atoms with E-state index in [1.165, 1.54) is 0 Å². The molecule has 7 nitrogen and oxygen atoms in total. The number of hydrogen-bond acceptors (Lipinski definition) is 4. The third-order valence-electron chi connectivity index (χ3n) is 6.21. The highest BCUT2D eigenvalue weighted by atomic mass is 16.2. The Morgan fingerprint density at radius 1 is 1.00 bits per heavy atom. The number of amides is 2. The lowest BCUT2D eigenvalue weighted by Crippen LogP contribution is -2.48. The average molecular weight is 389 g/mol. The zero-order chi connectivity index (χ0) is 20.1. The van der Waals surface area contributed by atoms with Crippen LogP contribution in [0.5, 0.6) is 0 Å². The topological polar surface area (TPSA) is 65.9 Å². The molecule has 0 saturated carbocycles. The molecule has 2 amide bonds. The molecule has 1 aromatic rings. The zero-order valence-corrected chi connectivity index (χ0v) is 17.1. The Hall–Kier alpha value is -2.15. The molecule has 2 aliphatic rings. The molecule has 0 spiro atoms. The van der Waals surface area contributed by atoms with Crippen molar-refractivity contribution in [2.75, 3.05) is 45.8 Å². The van der Waals surface area contributed by atoms with Gasteiger partial charge < -0.3 is 19.3 Å². The van der Waals surface area contributed by atoms with Gasteiger partial charge in [-0.15, -0.1) is 0 Å². The Labute approximate surface area is 167 Å². The molecule has 1 aromatic heterocycles. The van der Waals surface area contributed by atoms with Gasteiger partial charge in [0.2, 0.25) is 5.91 Å². The first-order chi connectivity index (χ1) is 13.5. The minimum Gasteiger partial charge on any atom is -0.348 e. The van der Waals surface area contributed by atoms with Crippen LogP contribution in [0.15, 0.2) is 18.3 Å². The summed E-state index contributed by atoms with van der Waals surface area (Å²) in [4.78, 5) is 43.3. The van der Waals surface area contributed by atoms with Crippen LogP contribution in [0.4, 0.5) is 0 Å². The smallest absolute Gasteiger partial charge is 0.296 e. The number of likely N-dealkylation sites (tertiary alicyclic amines) is 1. The lowest BCUT2D eigenvalue weighted by Gasteiger charge is -2.35. The third-order valence-corrected chi connectivity index (χ3v) is 6.21. The van der Waals surface area contributed by atoms with Gasteiger partial charge in [-0.25, -0.2) is 0 Å². The maximum atomic E-state index is 12.5. The van der Waals surface area contributed by atoms with Crippen LogP contribution in [0, 0.1) is 5.92 Å². The third kappa shape index (κ3) is 4.82. The van der Waals surface area contributed by atoms with Gasteiger partial charge in [-0.05, 0) is 43.9 Å². The maximum Gasteiger partial charge on any atom is 0.296 e. The predicted octanol–water partition coefficient (Wildman–Crippen LogP) is 1.39. The van der Waals surface area contributed by atoms with Crippen molar-refractivity contribution in [3.63, 3.8) is 0 Å². The number of piperidine rings is 1. The number of likely N-dealkylation sites (N-methyl/N-ethyl adjacent to an activating group) is 1. The predicted molar refractivity (Wildman–Crippen MR) is 107 cm³/mol. The summed E-state index contributed by atoms with van der Waals surface area (Å²) in [7, 11) is 1.77. The number of aryl methyl sites for hydroxylation is 1. The van der Waals surface area contributed by atoms with E-state index in [2.05, 4.69) is 11.8 Å². The molecule has 7 heteroatoms. The van der Waals surface area contributed by atoms with E-state index >= 15 is 0 Å². The molecule has 28 heavy (non-hydrogen) atoms. The molecule has 0 bridgehead atoms. The summed E-state index contributed by atoms with van der Waals surface area (Å²) in [5.74, 6) is -0.138. The molecular formula is C21H32N4O3. The lowest BCUT2D eigenvalue weighted by molar-refractivity contribution is -0.133. The van der Waals surface area contributed by atoms with Gasteiger partial charge in [-0.2, -0.15) is 0 Å². The Bertz CT molecular complexity index is 698. The Kier molecular flexibility index (Phi) is 6.88. The van der Waals surface area contributed by atoms with Crippen molar-refractivity contribution in [3.8, 4) is 0 Å². The van der Waals surface area contributed by atoms with Gasteiger partial charge in [-0.1, -0.05) is 6.92 Å². The van der Waals surface area contributed by atoms with Crippen LogP contribution in [-0.4, -0.2) is 82.7 Å². The lowest BCUT2D eigenvalue weighted by atomic mass is 9.91. The first-order valence-electron chi connectivity index (χ1n) is 10.4. The van der Waals surface area contributed by atoms with E-state index in [0.29, 0.717) is 31.1 Å². The maximum absolute atomic E-state index is 12.5. The van der Waals surface area contributed by atoms with E-state index in [-0.39, 0.29) is 5.91 Å².